The number of primary amides is 1. The minimum atomic E-state index is -0.482. The van der Waals surface area contributed by atoms with Gasteiger partial charge in [-0.1, -0.05) is 26.8 Å². The Labute approximate surface area is 176 Å². The van der Waals surface area contributed by atoms with Crippen LogP contribution in [0.3, 0.4) is 0 Å². The molecule has 0 fully saturated rings. The molecule has 0 aliphatic heterocycles. The largest absolute Gasteiger partial charge is 0.491 e. The normalized spacial score (nSPS) is 16.4. The first kappa shape index (κ1) is 21.4. The Bertz CT molecular complexity index is 925. The molecular formula is C23H30N2O3S. The van der Waals surface area contributed by atoms with E-state index in [2.05, 4.69) is 26.1 Å². The summed E-state index contributed by atoms with van der Waals surface area (Å²) < 4.78 is 5.68. The predicted molar refractivity (Wildman–Crippen MR) is 118 cm³/mol. The second-order valence-corrected chi connectivity index (χ2v) is 10.1. The number of benzene rings is 1. The van der Waals surface area contributed by atoms with Gasteiger partial charge in [0, 0.05) is 10.4 Å². The van der Waals surface area contributed by atoms with E-state index in [0.717, 1.165) is 29.7 Å². The molecule has 1 heterocycles. The number of fused-ring (bicyclic) bond motifs is 1. The van der Waals surface area contributed by atoms with Crippen LogP contribution in [-0.4, -0.2) is 17.9 Å². The Morgan fingerprint density at radius 1 is 1.28 bits per heavy atom. The van der Waals surface area contributed by atoms with Crippen LogP contribution in [0.4, 0.5) is 5.00 Å². The fourth-order valence-electron chi connectivity index (χ4n) is 3.83. The highest BCUT2D eigenvalue weighted by atomic mass is 32.1. The van der Waals surface area contributed by atoms with Gasteiger partial charge in [-0.15, -0.1) is 11.3 Å². The van der Waals surface area contributed by atoms with Crippen LogP contribution in [0, 0.1) is 11.3 Å². The van der Waals surface area contributed by atoms with E-state index in [0.29, 0.717) is 27.8 Å². The van der Waals surface area contributed by atoms with Gasteiger partial charge in [-0.2, -0.15) is 0 Å². The van der Waals surface area contributed by atoms with Crippen LogP contribution in [-0.2, 0) is 12.8 Å². The average molecular weight is 415 g/mol. The zero-order valence-corrected chi connectivity index (χ0v) is 18.6. The summed E-state index contributed by atoms with van der Waals surface area (Å²) in [4.78, 5) is 26.2. The number of nitrogens with two attached hydrogens (primary N) is 1. The summed E-state index contributed by atoms with van der Waals surface area (Å²) in [5.41, 5.74) is 7.86. The Morgan fingerprint density at radius 3 is 2.62 bits per heavy atom. The van der Waals surface area contributed by atoms with Gasteiger partial charge < -0.3 is 15.8 Å². The number of carbonyl (C=O) groups excluding carboxylic acids is 2. The van der Waals surface area contributed by atoms with Crippen molar-refractivity contribution in [3.8, 4) is 5.75 Å². The quantitative estimate of drug-likeness (QED) is 0.719. The molecule has 0 spiro atoms. The van der Waals surface area contributed by atoms with Gasteiger partial charge in [-0.3, -0.25) is 9.59 Å². The van der Waals surface area contributed by atoms with Gasteiger partial charge in [-0.05, 0) is 68.2 Å². The van der Waals surface area contributed by atoms with Crippen molar-refractivity contribution in [3.05, 3.63) is 45.8 Å². The zero-order chi connectivity index (χ0) is 21.3. The number of hydrogen-bond acceptors (Lipinski definition) is 4. The molecule has 0 unspecified atom stereocenters. The Balaban J connectivity index is 1.87. The second-order valence-electron chi connectivity index (χ2n) is 9.03. The summed E-state index contributed by atoms with van der Waals surface area (Å²) in [5, 5.41) is 3.48. The van der Waals surface area contributed by atoms with Crippen molar-refractivity contribution in [2.45, 2.75) is 60.0 Å². The van der Waals surface area contributed by atoms with Crippen molar-refractivity contribution in [2.75, 3.05) is 5.32 Å². The number of rotatable bonds is 5. The maximum absolute atomic E-state index is 12.9. The van der Waals surface area contributed by atoms with E-state index in [9.17, 15) is 9.59 Å². The summed E-state index contributed by atoms with van der Waals surface area (Å²) in [5.74, 6) is 0.431. The minimum Gasteiger partial charge on any atom is -0.491 e. The molecule has 1 atom stereocenters. The van der Waals surface area contributed by atoms with Crippen molar-refractivity contribution in [1.29, 1.82) is 0 Å². The molecule has 1 aliphatic rings. The van der Waals surface area contributed by atoms with Crippen molar-refractivity contribution >= 4 is 28.2 Å². The van der Waals surface area contributed by atoms with E-state index in [1.165, 1.54) is 11.3 Å². The molecule has 0 saturated carbocycles. The number of hydrogen-bond donors (Lipinski definition) is 2. The highest BCUT2D eigenvalue weighted by molar-refractivity contribution is 7.17. The summed E-state index contributed by atoms with van der Waals surface area (Å²) in [6, 6.07) is 7.05. The van der Waals surface area contributed by atoms with Crippen LogP contribution in [0.15, 0.2) is 24.3 Å². The third kappa shape index (κ3) is 4.81. The van der Waals surface area contributed by atoms with Gasteiger partial charge in [0.25, 0.3) is 11.8 Å². The molecule has 2 aromatic rings. The van der Waals surface area contributed by atoms with Gasteiger partial charge in [0.05, 0.1) is 11.7 Å². The lowest BCUT2D eigenvalue weighted by molar-refractivity contribution is 0.1000. The van der Waals surface area contributed by atoms with E-state index in [1.807, 2.05) is 19.9 Å². The highest BCUT2D eigenvalue weighted by Gasteiger charge is 2.33. The first-order valence-electron chi connectivity index (χ1n) is 10.1. The maximum atomic E-state index is 12.9. The molecular weight excluding hydrogens is 384 g/mol. The molecule has 1 aromatic carbocycles. The van der Waals surface area contributed by atoms with E-state index in [4.69, 9.17) is 10.5 Å². The molecule has 3 N–H and O–H groups in total. The Morgan fingerprint density at radius 2 is 2.00 bits per heavy atom. The first-order valence-corrected chi connectivity index (χ1v) is 10.9. The van der Waals surface area contributed by atoms with Crippen LogP contribution >= 0.6 is 11.3 Å². The van der Waals surface area contributed by atoms with Crippen LogP contribution in [0.5, 0.6) is 5.75 Å². The number of anilines is 1. The number of ether oxygens (including phenoxy) is 1. The monoisotopic (exact) mass is 414 g/mol. The van der Waals surface area contributed by atoms with Gasteiger partial charge in [0.1, 0.15) is 10.8 Å². The van der Waals surface area contributed by atoms with Crippen LogP contribution in [0.1, 0.15) is 72.2 Å². The van der Waals surface area contributed by atoms with Crippen molar-refractivity contribution in [1.82, 2.24) is 0 Å². The smallest absolute Gasteiger partial charge is 0.256 e. The fourth-order valence-corrected chi connectivity index (χ4v) is 5.16. The van der Waals surface area contributed by atoms with E-state index in [-0.39, 0.29) is 17.4 Å². The number of amides is 2. The van der Waals surface area contributed by atoms with E-state index in [1.54, 1.807) is 18.2 Å². The summed E-state index contributed by atoms with van der Waals surface area (Å²) >= 11 is 1.48. The molecule has 0 radical (unpaired) electrons. The van der Waals surface area contributed by atoms with Gasteiger partial charge in [-0.25, -0.2) is 0 Å². The minimum absolute atomic E-state index is 0.0227. The lowest BCUT2D eigenvalue weighted by Gasteiger charge is -2.33. The van der Waals surface area contributed by atoms with Gasteiger partial charge in [0.15, 0.2) is 0 Å². The van der Waals surface area contributed by atoms with Crippen molar-refractivity contribution < 1.29 is 14.3 Å². The second kappa shape index (κ2) is 8.19. The molecule has 156 valence electrons. The Hall–Kier alpha value is -2.34. The molecule has 5 nitrogen and oxygen atoms in total. The summed E-state index contributed by atoms with van der Waals surface area (Å²) in [6.07, 6.45) is 2.78. The van der Waals surface area contributed by atoms with Crippen LogP contribution in [0.2, 0.25) is 0 Å². The SMILES string of the molecule is CC(C)Oc1cccc(C(=O)Nc2sc3c(c2C(N)=O)CC[C@H](C(C)(C)C)C3)c1. The van der Waals surface area contributed by atoms with Gasteiger partial charge in [0.2, 0.25) is 0 Å². The molecule has 29 heavy (non-hydrogen) atoms. The molecule has 1 aliphatic carbocycles. The summed E-state index contributed by atoms with van der Waals surface area (Å²) in [7, 11) is 0. The van der Waals surface area contributed by atoms with E-state index < -0.39 is 5.91 Å². The van der Waals surface area contributed by atoms with Crippen molar-refractivity contribution in [2.24, 2.45) is 17.1 Å². The molecule has 0 saturated heterocycles. The standard InChI is InChI=1S/C23H30N2O3S/c1-13(2)28-16-8-6-7-14(11-16)21(27)25-22-19(20(24)26)17-10-9-15(23(3,4)5)12-18(17)29-22/h6-8,11,13,15H,9-10,12H2,1-5H3,(H2,24,26)(H,25,27)/t15-/m0/s1. The lowest BCUT2D eigenvalue weighted by atomic mass is 9.72. The summed E-state index contributed by atoms with van der Waals surface area (Å²) in [6.45, 7) is 10.6. The van der Waals surface area contributed by atoms with E-state index >= 15 is 0 Å². The molecule has 2 amide bonds. The fraction of sp³-hybridized carbons (Fsp3) is 0.478. The third-order valence-corrected chi connectivity index (χ3v) is 6.60. The lowest BCUT2D eigenvalue weighted by Crippen LogP contribution is -2.27. The zero-order valence-electron chi connectivity index (χ0n) is 17.8. The van der Waals surface area contributed by atoms with Gasteiger partial charge >= 0.3 is 0 Å². The molecule has 6 heteroatoms. The number of nitrogens with one attached hydrogen (secondary N) is 1. The first-order chi connectivity index (χ1) is 13.6. The maximum Gasteiger partial charge on any atom is 0.256 e. The molecule has 1 aromatic heterocycles. The Kier molecular flexibility index (Phi) is 6.03. The average Bonchev–Trinajstić information content (AvgIpc) is 2.97. The predicted octanol–water partition coefficient (Wildman–Crippen LogP) is 5.04. The molecule has 3 rings (SSSR count). The van der Waals surface area contributed by atoms with Crippen molar-refractivity contribution in [3.63, 3.8) is 0 Å². The van der Waals surface area contributed by atoms with Crippen LogP contribution < -0.4 is 15.8 Å². The molecule has 0 bridgehead atoms. The highest BCUT2D eigenvalue weighted by Crippen LogP contribution is 2.44. The third-order valence-electron chi connectivity index (χ3n) is 5.43. The van der Waals surface area contributed by atoms with Crippen LogP contribution in [0.25, 0.3) is 0 Å². The number of thiophene rings is 1. The number of carbonyl (C=O) groups is 2. The topological polar surface area (TPSA) is 81.4 Å².